The summed E-state index contributed by atoms with van der Waals surface area (Å²) < 4.78 is 6.38. The predicted octanol–water partition coefficient (Wildman–Crippen LogP) is 2.17. The number of hydrogen-bond acceptors (Lipinski definition) is 4. The molecule has 1 saturated heterocycles. The van der Waals surface area contributed by atoms with Crippen molar-refractivity contribution in [1.29, 1.82) is 0 Å². The number of rotatable bonds is 2. The highest BCUT2D eigenvalue weighted by Crippen LogP contribution is 2.52. The average Bonchev–Trinajstić information content (AvgIpc) is 2.73. The Morgan fingerprint density at radius 3 is 2.93 bits per heavy atom. The number of hydrogen-bond donors (Lipinski definition) is 2. The van der Waals surface area contributed by atoms with Crippen molar-refractivity contribution in [3.05, 3.63) is 29.8 Å². The molecule has 2 heterocycles. The minimum atomic E-state index is -0.666. The summed E-state index contributed by atoms with van der Waals surface area (Å²) in [6, 6.07) is 7.40. The zero-order valence-corrected chi connectivity index (χ0v) is 16.1. The van der Waals surface area contributed by atoms with Crippen LogP contribution in [0.4, 0.5) is 0 Å². The topological polar surface area (TPSA) is 78.9 Å². The standard InChI is InChI=1S/C22H28N2O4/c25-13-14-4-3-9-24(12-14)21(27)18-10-16-8-7-15(18)11-22(16)23-20(26)17-5-1-2-6-19(17)28-22/h1-2,5-6,14-16,18,25H,3-4,7-13H2,(H,23,26)/t14-,15-,16+,18-,22+/m0/s1. The van der Waals surface area contributed by atoms with Gasteiger partial charge in [0.25, 0.3) is 5.91 Å². The van der Waals surface area contributed by atoms with E-state index in [9.17, 15) is 14.7 Å². The Labute approximate surface area is 165 Å². The molecular weight excluding hydrogens is 356 g/mol. The fraction of sp³-hybridized carbons (Fsp3) is 0.636. The third kappa shape index (κ3) is 2.81. The molecule has 150 valence electrons. The molecule has 2 bridgehead atoms. The number of nitrogens with zero attached hydrogens (tertiary/aromatic N) is 1. The summed E-state index contributed by atoms with van der Waals surface area (Å²) in [6.07, 6.45) is 5.44. The molecule has 2 amide bonds. The van der Waals surface area contributed by atoms with Gasteiger partial charge in [-0.3, -0.25) is 9.59 Å². The van der Waals surface area contributed by atoms with Gasteiger partial charge < -0.3 is 20.1 Å². The molecule has 5 atom stereocenters. The fourth-order valence-electron chi connectivity index (χ4n) is 5.91. The molecule has 1 aromatic rings. The second-order valence-electron chi connectivity index (χ2n) is 9.00. The summed E-state index contributed by atoms with van der Waals surface area (Å²) >= 11 is 0. The summed E-state index contributed by atoms with van der Waals surface area (Å²) in [6.45, 7) is 1.63. The van der Waals surface area contributed by atoms with Crippen LogP contribution in [-0.4, -0.2) is 47.2 Å². The van der Waals surface area contributed by atoms with Crippen LogP contribution in [0.3, 0.4) is 0 Å². The van der Waals surface area contributed by atoms with Gasteiger partial charge in [0.05, 0.1) is 5.56 Å². The average molecular weight is 384 g/mol. The zero-order chi connectivity index (χ0) is 19.3. The molecule has 0 aromatic heterocycles. The molecule has 6 nitrogen and oxygen atoms in total. The van der Waals surface area contributed by atoms with E-state index < -0.39 is 5.72 Å². The fourth-order valence-corrected chi connectivity index (χ4v) is 5.91. The van der Waals surface area contributed by atoms with Crippen molar-refractivity contribution >= 4 is 11.8 Å². The smallest absolute Gasteiger partial charge is 0.258 e. The molecule has 5 aliphatic rings. The normalized spacial score (nSPS) is 36.6. The number of aliphatic hydroxyl groups is 1. The Kier molecular flexibility index (Phi) is 4.34. The van der Waals surface area contributed by atoms with Crippen molar-refractivity contribution < 1.29 is 19.4 Å². The van der Waals surface area contributed by atoms with Crippen LogP contribution < -0.4 is 10.1 Å². The SMILES string of the molecule is O=C1N[C@]2(C[C@@H]3CC[C@@H]2C[C@@H]3C(=O)N2CCC[C@H](CO)C2)Oc2ccccc21. The molecule has 28 heavy (non-hydrogen) atoms. The Morgan fingerprint density at radius 1 is 1.29 bits per heavy atom. The zero-order valence-electron chi connectivity index (χ0n) is 16.1. The van der Waals surface area contributed by atoms with E-state index in [1.54, 1.807) is 6.07 Å². The lowest BCUT2D eigenvalue weighted by atomic mass is 9.59. The van der Waals surface area contributed by atoms with Crippen molar-refractivity contribution in [2.75, 3.05) is 19.7 Å². The van der Waals surface area contributed by atoms with Crippen molar-refractivity contribution in [3.63, 3.8) is 0 Å². The Hall–Kier alpha value is -2.08. The third-order valence-corrected chi connectivity index (χ3v) is 7.37. The van der Waals surface area contributed by atoms with E-state index >= 15 is 0 Å². The van der Waals surface area contributed by atoms with Crippen LogP contribution in [0, 0.1) is 23.7 Å². The molecule has 2 N–H and O–H groups in total. The van der Waals surface area contributed by atoms with E-state index in [1.165, 1.54) is 0 Å². The van der Waals surface area contributed by atoms with Crippen LogP contribution in [0.1, 0.15) is 48.9 Å². The molecule has 2 aliphatic heterocycles. The van der Waals surface area contributed by atoms with E-state index in [4.69, 9.17) is 4.74 Å². The number of fused-ring (bicyclic) bond motifs is 3. The Bertz CT molecular complexity index is 796. The van der Waals surface area contributed by atoms with Crippen LogP contribution in [-0.2, 0) is 4.79 Å². The van der Waals surface area contributed by atoms with Crippen molar-refractivity contribution in [1.82, 2.24) is 10.2 Å². The first kappa shape index (κ1) is 18.0. The number of carbonyl (C=O) groups excluding carboxylic acids is 2. The Morgan fingerprint density at radius 2 is 2.14 bits per heavy atom. The van der Waals surface area contributed by atoms with Crippen LogP contribution in [0.15, 0.2) is 24.3 Å². The number of piperidine rings is 1. The lowest BCUT2D eigenvalue weighted by Crippen LogP contribution is -2.67. The maximum absolute atomic E-state index is 13.3. The molecule has 1 aromatic carbocycles. The molecule has 0 unspecified atom stereocenters. The second kappa shape index (κ2) is 6.76. The highest BCUT2D eigenvalue weighted by Gasteiger charge is 2.57. The third-order valence-electron chi connectivity index (χ3n) is 7.37. The van der Waals surface area contributed by atoms with Gasteiger partial charge >= 0.3 is 0 Å². The molecule has 6 heteroatoms. The van der Waals surface area contributed by atoms with Gasteiger partial charge in [-0.25, -0.2) is 0 Å². The molecule has 6 rings (SSSR count). The number of nitrogens with one attached hydrogen (secondary N) is 1. The van der Waals surface area contributed by atoms with Gasteiger partial charge in [0, 0.05) is 38.0 Å². The summed E-state index contributed by atoms with van der Waals surface area (Å²) in [7, 11) is 0. The summed E-state index contributed by atoms with van der Waals surface area (Å²) in [4.78, 5) is 27.9. The van der Waals surface area contributed by atoms with Crippen molar-refractivity contribution in [2.45, 2.75) is 44.2 Å². The number of amides is 2. The van der Waals surface area contributed by atoms with Crippen molar-refractivity contribution in [2.24, 2.45) is 23.7 Å². The highest BCUT2D eigenvalue weighted by atomic mass is 16.5. The lowest BCUT2D eigenvalue weighted by molar-refractivity contribution is -0.157. The molecular formula is C22H28N2O4. The number of likely N-dealkylation sites (tertiary alicyclic amines) is 1. The molecule has 0 radical (unpaired) electrons. The second-order valence-corrected chi connectivity index (χ2v) is 9.00. The van der Waals surface area contributed by atoms with Gasteiger partial charge in [-0.2, -0.15) is 0 Å². The molecule has 4 fully saturated rings. The van der Waals surface area contributed by atoms with Gasteiger partial charge in [0.15, 0.2) is 5.72 Å². The first-order valence-corrected chi connectivity index (χ1v) is 10.6. The van der Waals surface area contributed by atoms with Gasteiger partial charge in [-0.1, -0.05) is 12.1 Å². The number of benzene rings is 1. The number of carbonyl (C=O) groups is 2. The van der Waals surface area contributed by atoms with E-state index in [-0.39, 0.29) is 42.1 Å². The van der Waals surface area contributed by atoms with Crippen LogP contribution in [0.25, 0.3) is 0 Å². The summed E-state index contributed by atoms with van der Waals surface area (Å²) in [5.41, 5.74) is -0.0775. The first-order valence-electron chi connectivity index (χ1n) is 10.6. The lowest BCUT2D eigenvalue weighted by Gasteiger charge is -2.55. The minimum Gasteiger partial charge on any atom is -0.467 e. The molecule has 1 spiro atoms. The van der Waals surface area contributed by atoms with Crippen LogP contribution in [0.2, 0.25) is 0 Å². The first-order chi connectivity index (χ1) is 13.6. The largest absolute Gasteiger partial charge is 0.467 e. The van der Waals surface area contributed by atoms with Gasteiger partial charge in [-0.05, 0) is 56.1 Å². The van der Waals surface area contributed by atoms with E-state index in [0.29, 0.717) is 24.3 Å². The van der Waals surface area contributed by atoms with Gasteiger partial charge in [-0.15, -0.1) is 0 Å². The van der Waals surface area contributed by atoms with E-state index in [0.717, 1.165) is 38.6 Å². The van der Waals surface area contributed by atoms with E-state index in [1.807, 2.05) is 23.1 Å². The van der Waals surface area contributed by atoms with E-state index in [2.05, 4.69) is 5.32 Å². The summed E-state index contributed by atoms with van der Waals surface area (Å²) in [5.74, 6) is 1.44. The summed E-state index contributed by atoms with van der Waals surface area (Å²) in [5, 5.41) is 12.6. The predicted molar refractivity (Wildman–Crippen MR) is 103 cm³/mol. The van der Waals surface area contributed by atoms with Gasteiger partial charge in [0.2, 0.25) is 5.91 Å². The highest BCUT2D eigenvalue weighted by molar-refractivity contribution is 5.98. The van der Waals surface area contributed by atoms with Crippen molar-refractivity contribution in [3.8, 4) is 5.75 Å². The quantitative estimate of drug-likeness (QED) is 0.819. The molecule has 3 saturated carbocycles. The Balaban J connectivity index is 1.34. The van der Waals surface area contributed by atoms with Gasteiger partial charge in [0.1, 0.15) is 5.75 Å². The number of ether oxygens (including phenoxy) is 1. The number of para-hydroxylation sites is 1. The van der Waals surface area contributed by atoms with Crippen LogP contribution >= 0.6 is 0 Å². The minimum absolute atomic E-state index is 0.0134. The number of aliphatic hydroxyl groups excluding tert-OH is 1. The monoisotopic (exact) mass is 384 g/mol. The molecule has 3 aliphatic carbocycles. The maximum atomic E-state index is 13.3. The maximum Gasteiger partial charge on any atom is 0.258 e. The van der Waals surface area contributed by atoms with Crippen LogP contribution in [0.5, 0.6) is 5.75 Å².